The van der Waals surface area contributed by atoms with Gasteiger partial charge in [-0.25, -0.2) is 0 Å². The molecule has 2 unspecified atom stereocenters. The van der Waals surface area contributed by atoms with E-state index in [-0.39, 0.29) is 0 Å². The highest BCUT2D eigenvalue weighted by Crippen LogP contribution is 2.17. The molecule has 0 aliphatic carbocycles. The fourth-order valence-electron chi connectivity index (χ4n) is 2.30. The van der Waals surface area contributed by atoms with E-state index in [2.05, 4.69) is 56.4 Å². The van der Waals surface area contributed by atoms with E-state index in [1.54, 1.807) is 0 Å². The van der Waals surface area contributed by atoms with E-state index in [1.165, 1.54) is 37.7 Å². The molecule has 0 aliphatic heterocycles. The van der Waals surface area contributed by atoms with Crippen molar-refractivity contribution < 1.29 is 0 Å². The zero-order valence-corrected chi connectivity index (χ0v) is 12.3. The van der Waals surface area contributed by atoms with Crippen LogP contribution in [0.15, 0.2) is 30.3 Å². The molecule has 1 aromatic rings. The first kappa shape index (κ1) is 15.2. The van der Waals surface area contributed by atoms with E-state index in [4.69, 9.17) is 0 Å². The molecular formula is C17H29N. The summed E-state index contributed by atoms with van der Waals surface area (Å²) in [5.41, 5.74) is 1.46. The maximum Gasteiger partial charge on any atom is 0.00387 e. The molecule has 1 aromatic carbocycles. The standard InChI is InChI=1S/C17H29N/c1-4-5-7-10-16(3)18-14-13-15(2)17-11-8-6-9-12-17/h6,8-9,11-12,15-16,18H,4-5,7,10,13-14H2,1-3H3. The summed E-state index contributed by atoms with van der Waals surface area (Å²) in [6.45, 7) is 8.02. The van der Waals surface area contributed by atoms with Crippen LogP contribution in [0.4, 0.5) is 0 Å². The van der Waals surface area contributed by atoms with Crippen molar-refractivity contribution >= 4 is 0 Å². The lowest BCUT2D eigenvalue weighted by atomic mass is 9.98. The minimum absolute atomic E-state index is 0.654. The van der Waals surface area contributed by atoms with Crippen molar-refractivity contribution in [2.45, 2.75) is 64.8 Å². The van der Waals surface area contributed by atoms with Gasteiger partial charge >= 0.3 is 0 Å². The lowest BCUT2D eigenvalue weighted by Crippen LogP contribution is -2.27. The van der Waals surface area contributed by atoms with Gasteiger partial charge in [-0.15, -0.1) is 0 Å². The largest absolute Gasteiger partial charge is 0.314 e. The van der Waals surface area contributed by atoms with E-state index < -0.39 is 0 Å². The summed E-state index contributed by atoms with van der Waals surface area (Å²) in [4.78, 5) is 0. The first-order valence-electron chi connectivity index (χ1n) is 7.52. The van der Waals surface area contributed by atoms with Crippen LogP contribution in [0.25, 0.3) is 0 Å². The Morgan fingerprint density at radius 1 is 1.00 bits per heavy atom. The Hall–Kier alpha value is -0.820. The predicted octanol–water partition coefficient (Wildman–Crippen LogP) is 4.74. The van der Waals surface area contributed by atoms with Crippen LogP contribution in [0, 0.1) is 0 Å². The minimum atomic E-state index is 0.654. The number of hydrogen-bond donors (Lipinski definition) is 1. The lowest BCUT2D eigenvalue weighted by Gasteiger charge is -2.16. The molecule has 2 atom stereocenters. The third-order valence-electron chi connectivity index (χ3n) is 3.68. The molecule has 18 heavy (non-hydrogen) atoms. The fourth-order valence-corrected chi connectivity index (χ4v) is 2.30. The maximum atomic E-state index is 3.64. The second-order valence-corrected chi connectivity index (χ2v) is 5.45. The molecule has 0 radical (unpaired) electrons. The topological polar surface area (TPSA) is 12.0 Å². The van der Waals surface area contributed by atoms with Crippen molar-refractivity contribution in [2.75, 3.05) is 6.54 Å². The molecule has 1 nitrogen and oxygen atoms in total. The lowest BCUT2D eigenvalue weighted by molar-refractivity contribution is 0.471. The molecule has 1 rings (SSSR count). The third-order valence-corrected chi connectivity index (χ3v) is 3.68. The summed E-state index contributed by atoms with van der Waals surface area (Å²) in [5, 5.41) is 3.64. The van der Waals surface area contributed by atoms with Crippen molar-refractivity contribution in [3.05, 3.63) is 35.9 Å². The van der Waals surface area contributed by atoms with E-state index in [9.17, 15) is 0 Å². The van der Waals surface area contributed by atoms with Crippen molar-refractivity contribution in [3.8, 4) is 0 Å². The van der Waals surface area contributed by atoms with Gasteiger partial charge in [0.05, 0.1) is 0 Å². The van der Waals surface area contributed by atoms with Gasteiger partial charge in [0, 0.05) is 6.04 Å². The summed E-state index contributed by atoms with van der Waals surface area (Å²) in [7, 11) is 0. The maximum absolute atomic E-state index is 3.64. The first-order valence-corrected chi connectivity index (χ1v) is 7.52. The number of hydrogen-bond acceptors (Lipinski definition) is 1. The van der Waals surface area contributed by atoms with Crippen molar-refractivity contribution in [3.63, 3.8) is 0 Å². The molecule has 0 heterocycles. The fraction of sp³-hybridized carbons (Fsp3) is 0.647. The molecule has 0 aliphatic rings. The Kier molecular flexibility index (Phi) is 7.75. The van der Waals surface area contributed by atoms with Crippen LogP contribution >= 0.6 is 0 Å². The Labute approximate surface area is 113 Å². The summed E-state index contributed by atoms with van der Waals surface area (Å²) in [6, 6.07) is 11.5. The predicted molar refractivity (Wildman–Crippen MR) is 81.1 cm³/mol. The first-order chi connectivity index (χ1) is 8.74. The van der Waals surface area contributed by atoms with Gasteiger partial charge in [-0.2, -0.15) is 0 Å². The molecule has 1 heteroatoms. The molecular weight excluding hydrogens is 218 g/mol. The third kappa shape index (κ3) is 6.20. The minimum Gasteiger partial charge on any atom is -0.314 e. The summed E-state index contributed by atoms with van der Waals surface area (Å²) < 4.78 is 0. The van der Waals surface area contributed by atoms with Crippen LogP contribution in [0.5, 0.6) is 0 Å². The van der Waals surface area contributed by atoms with E-state index >= 15 is 0 Å². The second kappa shape index (κ2) is 9.16. The number of unbranched alkanes of at least 4 members (excludes halogenated alkanes) is 2. The molecule has 0 aromatic heterocycles. The van der Waals surface area contributed by atoms with Gasteiger partial charge in [0.1, 0.15) is 0 Å². The van der Waals surface area contributed by atoms with Crippen LogP contribution in [0.1, 0.15) is 64.4 Å². The Bertz CT molecular complexity index is 294. The Balaban J connectivity index is 2.13. The second-order valence-electron chi connectivity index (χ2n) is 5.45. The molecule has 0 saturated carbocycles. The highest BCUT2D eigenvalue weighted by Gasteiger charge is 2.06. The average molecular weight is 247 g/mol. The molecule has 102 valence electrons. The molecule has 0 fully saturated rings. The monoisotopic (exact) mass is 247 g/mol. The molecule has 0 bridgehead atoms. The van der Waals surface area contributed by atoms with Crippen molar-refractivity contribution in [1.82, 2.24) is 5.32 Å². The smallest absolute Gasteiger partial charge is 0.00387 e. The van der Waals surface area contributed by atoms with E-state index in [0.29, 0.717) is 12.0 Å². The van der Waals surface area contributed by atoms with Crippen LogP contribution in [-0.4, -0.2) is 12.6 Å². The highest BCUT2D eigenvalue weighted by atomic mass is 14.9. The summed E-state index contributed by atoms with van der Waals surface area (Å²) in [5.74, 6) is 0.654. The van der Waals surface area contributed by atoms with E-state index in [0.717, 1.165) is 6.54 Å². The molecule has 0 spiro atoms. The summed E-state index contributed by atoms with van der Waals surface area (Å²) in [6.07, 6.45) is 6.58. The number of benzene rings is 1. The molecule has 1 N–H and O–H groups in total. The SMILES string of the molecule is CCCCCC(C)NCCC(C)c1ccccc1. The van der Waals surface area contributed by atoms with Gasteiger partial charge in [-0.05, 0) is 37.8 Å². The van der Waals surface area contributed by atoms with Crippen molar-refractivity contribution in [2.24, 2.45) is 0 Å². The van der Waals surface area contributed by atoms with Gasteiger partial charge in [-0.1, -0.05) is 63.4 Å². The van der Waals surface area contributed by atoms with Gasteiger partial charge in [0.2, 0.25) is 0 Å². The normalized spacial score (nSPS) is 14.4. The van der Waals surface area contributed by atoms with Crippen molar-refractivity contribution in [1.29, 1.82) is 0 Å². The molecule has 0 amide bonds. The average Bonchev–Trinajstić information content (AvgIpc) is 2.40. The molecule has 0 saturated heterocycles. The van der Waals surface area contributed by atoms with Gasteiger partial charge in [0.15, 0.2) is 0 Å². The van der Waals surface area contributed by atoms with Gasteiger partial charge < -0.3 is 5.32 Å². The zero-order chi connectivity index (χ0) is 13.2. The van der Waals surface area contributed by atoms with Crippen LogP contribution in [0.3, 0.4) is 0 Å². The Morgan fingerprint density at radius 3 is 2.39 bits per heavy atom. The number of rotatable bonds is 9. The van der Waals surface area contributed by atoms with Gasteiger partial charge in [0.25, 0.3) is 0 Å². The van der Waals surface area contributed by atoms with Crippen LogP contribution < -0.4 is 5.32 Å². The van der Waals surface area contributed by atoms with Crippen LogP contribution in [-0.2, 0) is 0 Å². The van der Waals surface area contributed by atoms with E-state index in [1.807, 2.05) is 0 Å². The number of nitrogens with one attached hydrogen (secondary N) is 1. The van der Waals surface area contributed by atoms with Crippen LogP contribution in [0.2, 0.25) is 0 Å². The zero-order valence-electron chi connectivity index (χ0n) is 12.3. The highest BCUT2D eigenvalue weighted by molar-refractivity contribution is 5.18. The quantitative estimate of drug-likeness (QED) is 0.622. The Morgan fingerprint density at radius 2 is 1.72 bits per heavy atom. The van der Waals surface area contributed by atoms with Gasteiger partial charge in [-0.3, -0.25) is 0 Å². The summed E-state index contributed by atoms with van der Waals surface area (Å²) >= 11 is 0.